The van der Waals surface area contributed by atoms with Crippen LogP contribution in [0.3, 0.4) is 0 Å². The molecule has 37 heteroatoms. The van der Waals surface area contributed by atoms with Gasteiger partial charge in [0.2, 0.25) is 0 Å². The van der Waals surface area contributed by atoms with Gasteiger partial charge < -0.3 is 40.9 Å². The number of hydrogen-bond acceptors (Lipinski definition) is 18. The number of amides is 8. The van der Waals surface area contributed by atoms with Gasteiger partial charge in [0.05, 0.1) is 74.1 Å². The minimum atomic E-state index is -0.613. The predicted molar refractivity (Wildman–Crippen MR) is 401 cm³/mol. The highest BCUT2D eigenvalue weighted by atomic mass is 79.9. The lowest BCUT2D eigenvalue weighted by Crippen LogP contribution is -2.44. The molecule has 0 radical (unpaired) electrons. The van der Waals surface area contributed by atoms with Gasteiger partial charge in [-0.1, -0.05) is 6.07 Å². The number of fused-ring (bicyclic) bond motifs is 4. The van der Waals surface area contributed by atoms with Gasteiger partial charge in [0.25, 0.3) is 0 Å². The SMILES string of the molecule is CC1Cc2[nH]nc(-c3cscn3)c2CN1C(=O)Nc1ccc(F)c(Br)c1.CC1Cc2[nH]nc(-c3cscn3)c2CN1C(=O)Nc1ccc(F)c(C#N)c1.CC1Cc2[nH]nc(-c3cscn3)c2CN1C(=O)Nc1cccc(Br)c1F.CC1Cc2[nH]nc(-c3cscn3)c2CN1C(=O)Nc1ccnc(Br)c1F. The molecule has 4 atom stereocenters. The van der Waals surface area contributed by atoms with Gasteiger partial charge in [-0.15, -0.1) is 45.3 Å². The molecule has 4 unspecified atom stereocenters. The molecule has 8 amide bonds. The molecule has 8 N–H and O–H groups in total. The molecule has 3 aromatic carbocycles. The minimum absolute atomic E-state index is 0.00937. The third-order valence-electron chi connectivity index (χ3n) is 17.8. The Kier molecular flexibility index (Phi) is 22.4. The van der Waals surface area contributed by atoms with E-state index in [-0.39, 0.29) is 75.7 Å². The standard InChI is InChI=1S/C18H15FN6OS.2C17H15BrFN5OS.C16H14BrFN6OS/c1-10-4-15-13(17(24-23-15)16-8-27-9-21-16)7-25(10)18(26)22-12-2-3-14(19)11(5-12)6-20;1-9-4-14-11(16(23-22-14)15-7-26-8-20-15)6-24(9)17(25)21-10-2-3-13(19)12(18)5-10;1-9-5-13-10(16(23-22-13)14-7-26-8-20-14)6-24(9)17(25)21-12-4-2-3-11(18)15(12)19;1-8-4-11-9(14(23-22-11)12-6-26-7-20-12)5-24(8)16(25)21-10-2-3-19-15(17)13(10)18/h2-3,5,8-10H,4,7H2,1H3,(H,22,26)(H,23,24);2-3,5,7-9H,4,6H2,1H3,(H,21,25)(H,22,23);2-4,7-9H,5-6H2,1H3,(H,21,25)(H,22,23);2-3,6-8H,4-5H2,1H3,(H,22,23)(H,19,21,25). The number of carbonyl (C=O) groups is 4. The zero-order valence-electron chi connectivity index (χ0n) is 55.6. The zero-order chi connectivity index (χ0) is 73.7. The van der Waals surface area contributed by atoms with Gasteiger partial charge >= 0.3 is 24.1 Å². The third kappa shape index (κ3) is 16.1. The third-order valence-corrected chi connectivity index (χ3v) is 21.9. The quantitative estimate of drug-likeness (QED) is 0.0518. The number of nitrogens with zero attached hydrogens (tertiary/aromatic N) is 14. The monoisotopic (exact) mass is 1690 g/mol. The first-order chi connectivity index (χ1) is 50.7. The van der Waals surface area contributed by atoms with Gasteiger partial charge in [-0.3, -0.25) is 20.4 Å². The molecule has 0 aliphatic carbocycles. The molecule has 12 aromatic rings. The molecule has 0 spiro atoms. The topological polar surface area (TPSA) is 332 Å². The number of nitriles is 1. The van der Waals surface area contributed by atoms with E-state index in [1.807, 2.05) is 49.2 Å². The van der Waals surface area contributed by atoms with Crippen LogP contribution in [0.15, 0.2) is 124 Å². The number of hydrogen-bond donors (Lipinski definition) is 8. The normalized spacial score (nSPS) is 16.3. The molecule has 9 aromatic heterocycles. The highest BCUT2D eigenvalue weighted by molar-refractivity contribution is 9.11. The number of urea groups is 4. The van der Waals surface area contributed by atoms with Gasteiger partial charge in [-0.2, -0.15) is 25.7 Å². The van der Waals surface area contributed by atoms with Gasteiger partial charge in [0.15, 0.2) is 11.6 Å². The molecule has 4 aliphatic heterocycles. The van der Waals surface area contributed by atoms with E-state index in [1.165, 1.54) is 94.0 Å². The molecule has 13 heterocycles. The Labute approximate surface area is 637 Å². The van der Waals surface area contributed by atoms with Crippen LogP contribution in [0.5, 0.6) is 0 Å². The number of pyridine rings is 1. The van der Waals surface area contributed by atoms with Gasteiger partial charge in [0, 0.05) is 134 Å². The maximum atomic E-state index is 14.2. The summed E-state index contributed by atoms with van der Waals surface area (Å²) in [6, 6.07) is 15.0. The number of carbonyl (C=O) groups excluding carboxylic acids is 4. The van der Waals surface area contributed by atoms with Crippen LogP contribution >= 0.6 is 93.1 Å². The Balaban J connectivity index is 0.000000124. The molecule has 0 bridgehead atoms. The summed E-state index contributed by atoms with van der Waals surface area (Å²) in [5.74, 6) is -2.07. The van der Waals surface area contributed by atoms with Crippen molar-refractivity contribution >= 4 is 140 Å². The lowest BCUT2D eigenvalue weighted by Gasteiger charge is -2.33. The number of nitrogens with one attached hydrogen (secondary N) is 8. The van der Waals surface area contributed by atoms with Gasteiger partial charge in [0.1, 0.15) is 67.9 Å². The van der Waals surface area contributed by atoms with E-state index in [4.69, 9.17) is 5.26 Å². The summed E-state index contributed by atoms with van der Waals surface area (Å²) in [4.78, 5) is 78.9. The Morgan fingerprint density at radius 3 is 1.19 bits per heavy atom. The van der Waals surface area contributed by atoms with Crippen molar-refractivity contribution < 1.29 is 36.7 Å². The van der Waals surface area contributed by atoms with Gasteiger partial charge in [-0.05, 0) is 130 Å². The average molecular weight is 1690 g/mol. The van der Waals surface area contributed by atoms with Crippen molar-refractivity contribution in [2.45, 2.75) is 104 Å². The van der Waals surface area contributed by atoms with E-state index in [2.05, 4.69) is 135 Å². The summed E-state index contributed by atoms with van der Waals surface area (Å²) in [5.41, 5.74) is 22.2. The number of anilines is 4. The van der Waals surface area contributed by atoms with Crippen molar-refractivity contribution in [3.63, 3.8) is 0 Å². The zero-order valence-corrected chi connectivity index (χ0v) is 63.6. The Bertz CT molecular complexity index is 5030. The van der Waals surface area contributed by atoms with Crippen molar-refractivity contribution in [2.75, 3.05) is 21.3 Å². The molecule has 16 rings (SSSR count). The van der Waals surface area contributed by atoms with Crippen LogP contribution in [-0.4, -0.2) is 134 Å². The van der Waals surface area contributed by atoms with Gasteiger partial charge in [-0.25, -0.2) is 61.7 Å². The Morgan fingerprint density at radius 1 is 0.467 bits per heavy atom. The van der Waals surface area contributed by atoms with Crippen LogP contribution in [-0.2, 0) is 51.9 Å². The molecule has 0 saturated carbocycles. The van der Waals surface area contributed by atoms with E-state index in [0.717, 1.165) is 90.6 Å². The molecule has 0 saturated heterocycles. The highest BCUT2D eigenvalue weighted by Gasteiger charge is 2.36. The smallest absolute Gasteiger partial charge is 0.317 e. The first-order valence-corrected chi connectivity index (χ1v) is 38.3. The van der Waals surface area contributed by atoms with Crippen LogP contribution in [0.25, 0.3) is 45.6 Å². The second-order valence-electron chi connectivity index (χ2n) is 24.6. The molecule has 4 aliphatic rings. The molecular weight excluding hydrogens is 1630 g/mol. The summed E-state index contributed by atoms with van der Waals surface area (Å²) in [5, 5.41) is 57.3. The molecule has 105 heavy (non-hydrogen) atoms. The van der Waals surface area contributed by atoms with Crippen LogP contribution in [0.2, 0.25) is 0 Å². The fourth-order valence-electron chi connectivity index (χ4n) is 12.3. The summed E-state index contributed by atoms with van der Waals surface area (Å²) in [6.45, 7) is 9.45. The lowest BCUT2D eigenvalue weighted by molar-refractivity contribution is 0.181. The fraction of sp³-hybridized carbons (Fsp3) is 0.235. The number of rotatable bonds is 8. The largest absolute Gasteiger partial charge is 0.322 e. The molecule has 26 nitrogen and oxygen atoms in total. The first-order valence-electron chi connectivity index (χ1n) is 32.2. The second-order valence-corrected chi connectivity index (χ2v) is 29.9. The summed E-state index contributed by atoms with van der Waals surface area (Å²) >= 11 is 15.3. The molecule has 538 valence electrons. The number of aromatic amines is 4. The van der Waals surface area contributed by atoms with Crippen molar-refractivity contribution in [3.8, 4) is 51.6 Å². The number of thiazole rings is 4. The predicted octanol–water partition coefficient (Wildman–Crippen LogP) is 16.2. The minimum Gasteiger partial charge on any atom is -0.317 e. The van der Waals surface area contributed by atoms with E-state index < -0.39 is 17.5 Å². The summed E-state index contributed by atoms with van der Waals surface area (Å²) in [6.07, 6.45) is 4.06. The Hall–Kier alpha value is -10.1. The number of benzene rings is 3. The first kappa shape index (κ1) is 73.2. The van der Waals surface area contributed by atoms with E-state index in [1.54, 1.807) is 65.9 Å². The van der Waals surface area contributed by atoms with Crippen LogP contribution in [0.1, 0.15) is 78.3 Å². The fourth-order valence-corrected chi connectivity index (χ4v) is 15.5. The van der Waals surface area contributed by atoms with E-state index in [0.29, 0.717) is 72.2 Å². The maximum Gasteiger partial charge on any atom is 0.322 e. The van der Waals surface area contributed by atoms with E-state index in [9.17, 15) is 36.7 Å². The Morgan fingerprint density at radius 2 is 0.829 bits per heavy atom. The van der Waals surface area contributed by atoms with Crippen molar-refractivity contribution in [2.24, 2.45) is 0 Å². The number of aromatic nitrogens is 13. The number of H-pyrrole nitrogens is 4. The average Bonchev–Trinajstić information content (AvgIpc) is 1.68. The number of halogens is 7. The van der Waals surface area contributed by atoms with E-state index >= 15 is 0 Å². The van der Waals surface area contributed by atoms with Crippen LogP contribution < -0.4 is 21.3 Å². The molecule has 0 fully saturated rings. The second kappa shape index (κ2) is 32.1. The van der Waals surface area contributed by atoms with Crippen molar-refractivity contribution in [1.29, 1.82) is 5.26 Å². The highest BCUT2D eigenvalue weighted by Crippen LogP contribution is 2.37. The van der Waals surface area contributed by atoms with Crippen LogP contribution in [0.4, 0.5) is 59.5 Å². The van der Waals surface area contributed by atoms with Crippen molar-refractivity contribution in [3.05, 3.63) is 198 Å². The maximum absolute atomic E-state index is 14.2. The van der Waals surface area contributed by atoms with Crippen LogP contribution in [0, 0.1) is 34.6 Å². The lowest BCUT2D eigenvalue weighted by atomic mass is 9.99. The summed E-state index contributed by atoms with van der Waals surface area (Å²) < 4.78 is 55.8. The van der Waals surface area contributed by atoms with Crippen molar-refractivity contribution in [1.82, 2.24) is 85.3 Å². The summed E-state index contributed by atoms with van der Waals surface area (Å²) in [7, 11) is 0. The molecular formula is C68H59Br3F4N22O4S4.